The topological polar surface area (TPSA) is 512 Å². The third kappa shape index (κ3) is 13.2. The molecule has 11 aliphatic rings. The van der Waals surface area contributed by atoms with Crippen molar-refractivity contribution in [2.24, 2.45) is 50.2 Å². The van der Waals surface area contributed by atoms with Crippen molar-refractivity contribution >= 4 is 5.97 Å². The lowest BCUT2D eigenvalue weighted by Crippen LogP contribution is -2.68. The van der Waals surface area contributed by atoms with Crippen LogP contribution in [0.1, 0.15) is 113 Å². The molecule has 11 rings (SSSR count). The fraction of sp³-hybridized carbons (Fsp3) is 0.954. The summed E-state index contributed by atoms with van der Waals surface area (Å²) in [4.78, 5) is 15.2. The number of carbonyl (C=O) groups excluding carboxylic acids is 1. The fourth-order valence-corrected chi connectivity index (χ4v) is 19.1. The zero-order valence-electron chi connectivity index (χ0n) is 55.7. The minimum Gasteiger partial charge on any atom is -0.432 e. The molecule has 5 aliphatic carbocycles. The van der Waals surface area contributed by atoms with E-state index >= 15 is 4.79 Å². The number of esters is 1. The van der Waals surface area contributed by atoms with Gasteiger partial charge in [0.15, 0.2) is 31.5 Å². The fourth-order valence-electron chi connectivity index (χ4n) is 19.1. The lowest BCUT2D eigenvalue weighted by atomic mass is 9.33. The highest BCUT2D eigenvalue weighted by atomic mass is 16.8. The summed E-state index contributed by atoms with van der Waals surface area (Å²) < 4.78 is 70.9. The third-order valence-electron chi connectivity index (χ3n) is 25.3. The lowest BCUT2D eigenvalue weighted by Gasteiger charge is -2.71. The minimum atomic E-state index is -2.05. The Kier molecular flexibility index (Phi) is 22.6. The Morgan fingerprint density at radius 1 is 0.495 bits per heavy atom. The largest absolute Gasteiger partial charge is 0.432 e. The number of hydrogen-bond donors (Lipinski definition) is 19. The number of rotatable bonds is 17. The average molecular weight is 1400 g/mol. The number of aliphatic hydroxyl groups is 19. The molecule has 0 amide bonds. The number of ether oxygens (including phenoxy) is 12. The van der Waals surface area contributed by atoms with Crippen LogP contribution in [0.4, 0.5) is 0 Å². The number of hydrogen-bond acceptors (Lipinski definition) is 32. The Morgan fingerprint density at radius 3 is 1.72 bits per heavy atom. The third-order valence-corrected chi connectivity index (χ3v) is 25.3. The van der Waals surface area contributed by atoms with Crippen LogP contribution >= 0.6 is 0 Å². The summed E-state index contributed by atoms with van der Waals surface area (Å²) in [6.45, 7) is 10.6. The normalized spacial score (nSPS) is 54.7. The van der Waals surface area contributed by atoms with Gasteiger partial charge in [0, 0.05) is 5.41 Å². The average Bonchev–Trinajstić information content (AvgIpc) is 0.675. The minimum absolute atomic E-state index is 0.0455. The Bertz CT molecular complexity index is 2710. The van der Waals surface area contributed by atoms with Crippen LogP contribution in [0, 0.1) is 50.2 Å². The highest BCUT2D eigenvalue weighted by Gasteiger charge is 2.71. The van der Waals surface area contributed by atoms with Crippen molar-refractivity contribution in [1.29, 1.82) is 0 Å². The van der Waals surface area contributed by atoms with E-state index in [0.717, 1.165) is 5.57 Å². The molecule has 0 radical (unpaired) electrons. The number of allylic oxidation sites excluding steroid dienone is 2. The van der Waals surface area contributed by atoms with E-state index in [1.165, 1.54) is 6.92 Å². The molecule has 6 saturated heterocycles. The summed E-state index contributed by atoms with van der Waals surface area (Å²) in [5, 5.41) is 207. The molecule has 4 saturated carbocycles. The van der Waals surface area contributed by atoms with Crippen molar-refractivity contribution in [1.82, 2.24) is 0 Å². The maximum atomic E-state index is 15.2. The maximum absolute atomic E-state index is 15.2. The molecule has 0 aromatic rings. The van der Waals surface area contributed by atoms with Gasteiger partial charge in [0.25, 0.3) is 0 Å². The van der Waals surface area contributed by atoms with Gasteiger partial charge in [-0.3, -0.25) is 4.79 Å². The quantitative estimate of drug-likeness (QED) is 0.0366. The molecule has 0 aromatic carbocycles. The van der Waals surface area contributed by atoms with Crippen molar-refractivity contribution in [3.8, 4) is 0 Å². The van der Waals surface area contributed by atoms with E-state index < -0.39 is 245 Å². The number of aliphatic hydroxyl groups excluding tert-OH is 19. The molecule has 32 heteroatoms. The van der Waals surface area contributed by atoms with Gasteiger partial charge in [-0.15, -0.1) is 0 Å². The summed E-state index contributed by atoms with van der Waals surface area (Å²) in [7, 11) is 0. The smallest absolute Gasteiger partial charge is 0.315 e. The van der Waals surface area contributed by atoms with Crippen LogP contribution in [-0.4, -0.2) is 327 Å². The van der Waals surface area contributed by atoms with Gasteiger partial charge in [-0.05, 0) is 111 Å². The first-order valence-corrected chi connectivity index (χ1v) is 34.3. The van der Waals surface area contributed by atoms with Crippen LogP contribution in [0.5, 0.6) is 0 Å². The molecule has 10 fully saturated rings. The van der Waals surface area contributed by atoms with Gasteiger partial charge in [0.2, 0.25) is 6.29 Å². The Morgan fingerprint density at radius 2 is 1.05 bits per heavy atom. The zero-order chi connectivity index (χ0) is 70.7. The first-order chi connectivity index (χ1) is 45.6. The van der Waals surface area contributed by atoms with Crippen LogP contribution in [0.2, 0.25) is 0 Å². The van der Waals surface area contributed by atoms with Gasteiger partial charge >= 0.3 is 5.97 Å². The van der Waals surface area contributed by atoms with E-state index in [1.807, 2.05) is 6.92 Å². The number of fused-ring (bicyclic) bond motifs is 7. The Hall–Kier alpha value is -1.99. The van der Waals surface area contributed by atoms with Crippen molar-refractivity contribution in [2.75, 3.05) is 39.6 Å². The van der Waals surface area contributed by atoms with E-state index in [1.54, 1.807) is 0 Å². The standard InChI is InChI=1S/C65H106O32/c1-25-36(71)43(78)52(96-54-45(80)37(72)28(70)22-86-54)58(88-25)95-51-40(75)30(20-67)90-57(49(51)84)94-50-31(21-68)91-55(48(83)44(50)79)93-35-11-12-61(4)33(62(35,5)24-69)10-13-64(7)34(61)9-8-26-27-18-60(2,3)14-16-65(27,17-15-63(26,64)6)59(85)97-56-47(82)42(77)39(74)32(92-56)23-87-53-46(81)41(76)38(73)29(19-66)89-53/h8,25,27-58,66-84H,9-24H2,1-7H3/t25-,27+,28-,29-,30-,31-,32-,33+,34+,35-,36-,37+,38-,39-,40-,41+,42+,43+,44-,45-,46-,47-,48-,49-,50-,51+,52-,53-,54+,55+,56+,57+,58+,61-,62-,63+,64+,65+/m0/s1. The van der Waals surface area contributed by atoms with Gasteiger partial charge in [-0.2, -0.15) is 0 Å². The van der Waals surface area contributed by atoms with Crippen LogP contribution in [-0.2, 0) is 61.6 Å². The van der Waals surface area contributed by atoms with E-state index in [0.29, 0.717) is 64.2 Å². The molecule has 558 valence electrons. The predicted octanol–water partition coefficient (Wildman–Crippen LogP) is -5.75. The van der Waals surface area contributed by atoms with Crippen molar-refractivity contribution in [3.05, 3.63) is 11.6 Å². The SMILES string of the molecule is C[C@@H]1O[C@H](O[C@H]2[C@H](O)[C@@H](O[C@@H]3[C@@H](O)[C@H](O)[C@@H](O[C@H]4CC[C@@]5(C)[C@@H](CC[C@]6(C)[C@@H]5CC=C5[C@H]7CC(C)(C)CC[C@@]7(C(=O)O[C@H]7O[C@@H](CO[C@H]8O[C@@H](CO)[C@H](O)[C@@H](O)[C@@H]8O)[C@H](O)[C@@H](O)[C@@H]7O)CC[C@]56C)[C@]4(C)CO)O[C@H]3CO)O[C@@H](CO)[C@@H]2O)[C@@H](O[C@H]2OC[C@H](O)[C@@H](O)[C@@H]2O)[C@H](O)[C@H]1O. The monoisotopic (exact) mass is 1400 g/mol. The van der Waals surface area contributed by atoms with Crippen molar-refractivity contribution < 1.29 is 159 Å². The van der Waals surface area contributed by atoms with Crippen LogP contribution in [0.25, 0.3) is 0 Å². The molecular formula is C65H106O32. The van der Waals surface area contributed by atoms with Gasteiger partial charge in [-0.25, -0.2) is 0 Å². The Labute approximate surface area is 561 Å². The molecule has 6 aliphatic heterocycles. The molecule has 32 nitrogen and oxygen atoms in total. The highest BCUT2D eigenvalue weighted by Crippen LogP contribution is 2.76. The van der Waals surface area contributed by atoms with Gasteiger partial charge in [0.05, 0.1) is 57.3 Å². The molecule has 38 atom stereocenters. The predicted molar refractivity (Wildman–Crippen MR) is 322 cm³/mol. The molecule has 0 spiro atoms. The maximum Gasteiger partial charge on any atom is 0.315 e. The van der Waals surface area contributed by atoms with Crippen molar-refractivity contribution in [3.63, 3.8) is 0 Å². The van der Waals surface area contributed by atoms with Crippen molar-refractivity contribution in [2.45, 2.75) is 297 Å². The summed E-state index contributed by atoms with van der Waals surface area (Å²) in [5.41, 5.74) is -2.35. The van der Waals surface area contributed by atoms with Crippen LogP contribution in [0.15, 0.2) is 11.6 Å². The van der Waals surface area contributed by atoms with Crippen LogP contribution < -0.4 is 0 Å². The van der Waals surface area contributed by atoms with Gasteiger partial charge in [0.1, 0.15) is 134 Å². The van der Waals surface area contributed by atoms with E-state index in [-0.39, 0.29) is 35.2 Å². The second-order valence-electron chi connectivity index (χ2n) is 31.3. The zero-order valence-corrected chi connectivity index (χ0v) is 55.7. The van der Waals surface area contributed by atoms with E-state index in [2.05, 4.69) is 40.7 Å². The molecule has 0 unspecified atom stereocenters. The van der Waals surface area contributed by atoms with Crippen LogP contribution in [0.3, 0.4) is 0 Å². The first-order valence-electron chi connectivity index (χ1n) is 34.3. The molecule has 19 N–H and O–H groups in total. The number of carbonyl (C=O) groups is 1. The summed E-state index contributed by atoms with van der Waals surface area (Å²) >= 11 is 0. The second-order valence-corrected chi connectivity index (χ2v) is 31.3. The molecule has 0 aromatic heterocycles. The summed E-state index contributed by atoms with van der Waals surface area (Å²) in [5.74, 6) is -1.08. The van der Waals surface area contributed by atoms with E-state index in [9.17, 15) is 97.0 Å². The first kappa shape index (κ1) is 76.1. The molecular weight excluding hydrogens is 1290 g/mol. The molecule has 97 heavy (non-hydrogen) atoms. The van der Waals surface area contributed by atoms with E-state index in [4.69, 9.17) is 56.8 Å². The van der Waals surface area contributed by atoms with Gasteiger partial charge < -0.3 is 154 Å². The summed E-state index contributed by atoms with van der Waals surface area (Å²) in [6, 6.07) is 0. The summed E-state index contributed by atoms with van der Waals surface area (Å²) in [6.07, 6.45) is -42.5. The lowest BCUT2D eigenvalue weighted by molar-refractivity contribution is -0.393. The Balaban J connectivity index is 0.765. The highest BCUT2D eigenvalue weighted by molar-refractivity contribution is 5.79. The second kappa shape index (κ2) is 28.8. The molecule has 0 bridgehead atoms. The molecule has 6 heterocycles. The van der Waals surface area contributed by atoms with Gasteiger partial charge in [-0.1, -0.05) is 53.2 Å².